The molecule has 0 bridgehead atoms. The molecule has 1 fully saturated rings. The van der Waals surface area contributed by atoms with Gasteiger partial charge in [0.15, 0.2) is 0 Å². The Morgan fingerprint density at radius 2 is 2.26 bits per heavy atom. The molecule has 2 rings (SSSR count). The second-order valence-corrected chi connectivity index (χ2v) is 5.48. The minimum atomic E-state index is -0.161. The number of phenols is 1. The van der Waals surface area contributed by atoms with E-state index < -0.39 is 0 Å². The van der Waals surface area contributed by atoms with Crippen molar-refractivity contribution in [3.63, 3.8) is 0 Å². The van der Waals surface area contributed by atoms with Crippen LogP contribution >= 0.6 is 11.6 Å². The van der Waals surface area contributed by atoms with Crippen molar-refractivity contribution in [1.82, 2.24) is 4.90 Å². The van der Waals surface area contributed by atoms with Gasteiger partial charge in [0, 0.05) is 13.1 Å². The van der Waals surface area contributed by atoms with Crippen LogP contribution in [0.3, 0.4) is 0 Å². The Morgan fingerprint density at radius 1 is 1.53 bits per heavy atom. The fourth-order valence-corrected chi connectivity index (χ4v) is 3.02. The summed E-state index contributed by atoms with van der Waals surface area (Å²) >= 11 is 6.03. The molecular formula is C14H19ClN2O2. The van der Waals surface area contributed by atoms with Crippen molar-refractivity contribution >= 4 is 17.5 Å². The maximum absolute atomic E-state index is 12.5. The van der Waals surface area contributed by atoms with E-state index in [0.717, 1.165) is 19.3 Å². The van der Waals surface area contributed by atoms with Crippen molar-refractivity contribution in [2.75, 3.05) is 13.6 Å². The van der Waals surface area contributed by atoms with Crippen LogP contribution in [0.2, 0.25) is 5.02 Å². The predicted octanol–water partition coefficient (Wildman–Crippen LogP) is 2.24. The first-order valence-electron chi connectivity index (χ1n) is 6.50. The SMILES string of the molecule is CN(C(=O)c1cc(O)ccc1Cl)C1CCCC1CN. The largest absolute Gasteiger partial charge is 0.508 e. The third kappa shape index (κ3) is 2.85. The zero-order valence-electron chi connectivity index (χ0n) is 11.0. The third-order valence-corrected chi connectivity index (χ3v) is 4.25. The zero-order chi connectivity index (χ0) is 14.0. The van der Waals surface area contributed by atoms with E-state index in [1.54, 1.807) is 11.9 Å². The second kappa shape index (κ2) is 5.80. The molecule has 1 aromatic carbocycles. The van der Waals surface area contributed by atoms with Crippen LogP contribution in [0.4, 0.5) is 0 Å². The predicted molar refractivity (Wildman–Crippen MR) is 75.4 cm³/mol. The fourth-order valence-electron chi connectivity index (χ4n) is 2.82. The van der Waals surface area contributed by atoms with E-state index >= 15 is 0 Å². The summed E-state index contributed by atoms with van der Waals surface area (Å²) in [5.74, 6) is 0.235. The summed E-state index contributed by atoms with van der Waals surface area (Å²) in [6.45, 7) is 0.593. The van der Waals surface area contributed by atoms with E-state index in [1.165, 1.54) is 18.2 Å². The topological polar surface area (TPSA) is 66.6 Å². The number of aromatic hydroxyl groups is 1. The van der Waals surface area contributed by atoms with Gasteiger partial charge >= 0.3 is 0 Å². The van der Waals surface area contributed by atoms with Crippen LogP contribution in [-0.2, 0) is 0 Å². The second-order valence-electron chi connectivity index (χ2n) is 5.07. The van der Waals surface area contributed by atoms with E-state index in [2.05, 4.69) is 0 Å². The fraction of sp³-hybridized carbons (Fsp3) is 0.500. The van der Waals surface area contributed by atoms with Gasteiger partial charge in [0.05, 0.1) is 10.6 Å². The number of halogens is 1. The number of hydrogen-bond donors (Lipinski definition) is 2. The van der Waals surface area contributed by atoms with Gasteiger partial charge in [-0.1, -0.05) is 18.0 Å². The standard InChI is InChI=1S/C14H19ClN2O2/c1-17(13-4-2-3-9(13)8-16)14(19)11-7-10(18)5-6-12(11)15/h5-7,9,13,18H,2-4,8,16H2,1H3. The van der Waals surface area contributed by atoms with Crippen molar-refractivity contribution in [2.45, 2.75) is 25.3 Å². The first kappa shape index (κ1) is 14.2. The first-order chi connectivity index (χ1) is 9.04. The van der Waals surface area contributed by atoms with Crippen LogP contribution in [0.1, 0.15) is 29.6 Å². The van der Waals surface area contributed by atoms with Gasteiger partial charge in [-0.3, -0.25) is 4.79 Å². The summed E-state index contributed by atoms with van der Waals surface area (Å²) in [5.41, 5.74) is 6.09. The summed E-state index contributed by atoms with van der Waals surface area (Å²) in [4.78, 5) is 14.2. The molecule has 104 valence electrons. The smallest absolute Gasteiger partial charge is 0.255 e. The van der Waals surface area contributed by atoms with Crippen molar-refractivity contribution in [3.8, 4) is 5.75 Å². The number of nitrogens with zero attached hydrogens (tertiary/aromatic N) is 1. The summed E-state index contributed by atoms with van der Waals surface area (Å²) in [7, 11) is 1.78. The van der Waals surface area contributed by atoms with E-state index in [4.69, 9.17) is 17.3 Å². The van der Waals surface area contributed by atoms with Gasteiger partial charge in [-0.25, -0.2) is 0 Å². The van der Waals surface area contributed by atoms with Gasteiger partial charge in [0.1, 0.15) is 5.75 Å². The molecule has 0 aromatic heterocycles. The average Bonchev–Trinajstić information content (AvgIpc) is 2.88. The summed E-state index contributed by atoms with van der Waals surface area (Å²) < 4.78 is 0. The Morgan fingerprint density at radius 3 is 2.95 bits per heavy atom. The third-order valence-electron chi connectivity index (χ3n) is 3.92. The van der Waals surface area contributed by atoms with Gasteiger partial charge in [-0.05, 0) is 43.5 Å². The molecule has 3 N–H and O–H groups in total. The molecule has 0 aliphatic heterocycles. The highest BCUT2D eigenvalue weighted by atomic mass is 35.5. The van der Waals surface area contributed by atoms with Crippen LogP contribution in [0.15, 0.2) is 18.2 Å². The van der Waals surface area contributed by atoms with Crippen molar-refractivity contribution in [3.05, 3.63) is 28.8 Å². The number of carbonyl (C=O) groups excluding carboxylic acids is 1. The minimum absolute atomic E-state index is 0.0444. The van der Waals surface area contributed by atoms with Gasteiger partial charge in [0.2, 0.25) is 0 Å². The molecule has 2 atom stereocenters. The zero-order valence-corrected chi connectivity index (χ0v) is 11.7. The van der Waals surface area contributed by atoms with Gasteiger partial charge in [0.25, 0.3) is 5.91 Å². The van der Waals surface area contributed by atoms with Gasteiger partial charge in [-0.2, -0.15) is 0 Å². The van der Waals surface area contributed by atoms with E-state index in [0.29, 0.717) is 23.0 Å². The number of phenolic OH excluding ortho intramolecular Hbond substituents is 1. The van der Waals surface area contributed by atoms with E-state index in [9.17, 15) is 9.90 Å². The lowest BCUT2D eigenvalue weighted by Crippen LogP contribution is -2.41. The lowest BCUT2D eigenvalue weighted by molar-refractivity contribution is 0.0699. The maximum atomic E-state index is 12.5. The maximum Gasteiger partial charge on any atom is 0.255 e. The monoisotopic (exact) mass is 282 g/mol. The quantitative estimate of drug-likeness (QED) is 0.893. The summed E-state index contributed by atoms with van der Waals surface area (Å²) in [6.07, 6.45) is 3.13. The molecule has 1 amide bonds. The Kier molecular flexibility index (Phi) is 4.32. The molecule has 5 heteroatoms. The molecule has 1 saturated carbocycles. The lowest BCUT2D eigenvalue weighted by atomic mass is 10.0. The number of rotatable bonds is 3. The van der Waals surface area contributed by atoms with Crippen molar-refractivity contribution in [1.29, 1.82) is 0 Å². The Labute approximate surface area is 118 Å². The molecule has 0 saturated heterocycles. The van der Waals surface area contributed by atoms with Gasteiger partial charge < -0.3 is 15.7 Å². The minimum Gasteiger partial charge on any atom is -0.508 e. The van der Waals surface area contributed by atoms with Crippen LogP contribution in [0, 0.1) is 5.92 Å². The normalized spacial score (nSPS) is 22.5. The lowest BCUT2D eigenvalue weighted by Gasteiger charge is -2.29. The highest BCUT2D eigenvalue weighted by Crippen LogP contribution is 2.30. The van der Waals surface area contributed by atoms with E-state index in [1.807, 2.05) is 0 Å². The number of amides is 1. The van der Waals surface area contributed by atoms with Crippen LogP contribution in [0.5, 0.6) is 5.75 Å². The van der Waals surface area contributed by atoms with Crippen LogP contribution in [-0.4, -0.2) is 35.5 Å². The number of nitrogens with two attached hydrogens (primary N) is 1. The number of benzene rings is 1. The summed E-state index contributed by atoms with van der Waals surface area (Å²) in [5, 5.41) is 9.84. The molecule has 1 aliphatic rings. The summed E-state index contributed by atoms with van der Waals surface area (Å²) in [6, 6.07) is 4.58. The Hall–Kier alpha value is -1.26. The highest BCUT2D eigenvalue weighted by molar-refractivity contribution is 6.33. The Bertz CT molecular complexity index is 479. The van der Waals surface area contributed by atoms with E-state index in [-0.39, 0.29) is 17.7 Å². The molecule has 0 radical (unpaired) electrons. The molecule has 19 heavy (non-hydrogen) atoms. The number of hydrogen-bond acceptors (Lipinski definition) is 3. The van der Waals surface area contributed by atoms with Crippen LogP contribution < -0.4 is 5.73 Å². The highest BCUT2D eigenvalue weighted by Gasteiger charge is 2.32. The average molecular weight is 283 g/mol. The van der Waals surface area contributed by atoms with Crippen molar-refractivity contribution < 1.29 is 9.90 Å². The molecule has 1 aliphatic carbocycles. The molecule has 0 spiro atoms. The molecule has 0 heterocycles. The van der Waals surface area contributed by atoms with Crippen LogP contribution in [0.25, 0.3) is 0 Å². The molecule has 1 aromatic rings. The Balaban J connectivity index is 2.21. The number of carbonyl (C=O) groups is 1. The van der Waals surface area contributed by atoms with Gasteiger partial charge in [-0.15, -0.1) is 0 Å². The molecule has 4 nitrogen and oxygen atoms in total. The van der Waals surface area contributed by atoms with Crippen molar-refractivity contribution in [2.24, 2.45) is 11.7 Å². The molecule has 2 unspecified atom stereocenters. The first-order valence-corrected chi connectivity index (χ1v) is 6.88. The molecular weight excluding hydrogens is 264 g/mol.